The Hall–Kier alpha value is -2.06. The molecular weight excluding hydrogens is 462 g/mol. The molecule has 1 aromatic carbocycles. The van der Waals surface area contributed by atoms with Gasteiger partial charge in [0, 0.05) is 17.3 Å². The molecule has 3 aliphatic heterocycles. The van der Waals surface area contributed by atoms with Crippen LogP contribution in [0.3, 0.4) is 0 Å². The Balaban J connectivity index is 1.68. The lowest BCUT2D eigenvalue weighted by molar-refractivity contribution is -0.144. The molecule has 2 bridgehead atoms. The number of benzene rings is 1. The molecule has 3 heterocycles. The monoisotopic (exact) mass is 501 g/mol. The maximum absolute atomic E-state index is 14.1. The number of nitrogens with zero attached hydrogens (tertiary/aromatic N) is 1. The van der Waals surface area contributed by atoms with Gasteiger partial charge in [0.1, 0.15) is 6.04 Å². The molecule has 8 heteroatoms. The highest BCUT2D eigenvalue weighted by Crippen LogP contribution is 2.66. The molecule has 7 atom stereocenters. The van der Waals surface area contributed by atoms with Crippen molar-refractivity contribution in [2.24, 2.45) is 17.8 Å². The minimum atomic E-state index is -0.702. The summed E-state index contributed by atoms with van der Waals surface area (Å²) in [6.07, 6.45) is 2.30. The number of carbonyl (C=O) groups is 3. The summed E-state index contributed by atoms with van der Waals surface area (Å²) in [6, 6.07) is 8.57. The zero-order valence-corrected chi connectivity index (χ0v) is 22.2. The largest absolute Gasteiger partial charge is 0.394 e. The summed E-state index contributed by atoms with van der Waals surface area (Å²) in [4.78, 5) is 43.0. The molecule has 0 aliphatic carbocycles. The van der Waals surface area contributed by atoms with Gasteiger partial charge in [-0.1, -0.05) is 50.6 Å². The zero-order valence-electron chi connectivity index (χ0n) is 21.4. The SMILES string of the molecule is CC[C@H](C)[C@H](CO)N1C(=O)[C@@H]2[C@@H](C(=O)NCc3ccccc3)[C@H]3CCC2(S3)C1C(=O)NC(C)(C)C. The van der Waals surface area contributed by atoms with E-state index in [0.717, 1.165) is 24.8 Å². The Labute approximate surface area is 212 Å². The summed E-state index contributed by atoms with van der Waals surface area (Å²) >= 11 is 1.66. The molecule has 3 saturated heterocycles. The predicted octanol–water partition coefficient (Wildman–Crippen LogP) is 2.72. The van der Waals surface area contributed by atoms with Gasteiger partial charge in [0.25, 0.3) is 0 Å². The van der Waals surface area contributed by atoms with Crippen molar-refractivity contribution >= 4 is 29.5 Å². The average molecular weight is 502 g/mol. The van der Waals surface area contributed by atoms with Gasteiger partial charge in [0.05, 0.1) is 29.2 Å². The summed E-state index contributed by atoms with van der Waals surface area (Å²) in [7, 11) is 0. The van der Waals surface area contributed by atoms with Crippen LogP contribution in [0.4, 0.5) is 0 Å². The third-order valence-corrected chi connectivity index (χ3v) is 9.89. The Morgan fingerprint density at radius 2 is 1.91 bits per heavy atom. The molecule has 0 aromatic heterocycles. The molecule has 7 nitrogen and oxygen atoms in total. The standard InChI is InChI=1S/C27H39N3O4S/c1-6-16(2)18(15-31)30-22(24(33)29-26(3,4)5)27-13-12-19(35-27)20(21(27)25(30)34)23(32)28-14-17-10-8-7-9-11-17/h7-11,16,18-22,31H,6,12-15H2,1-5H3,(H,28,32)(H,29,33)/t16-,18-,19+,20-,21-,22?,27?/m0/s1. The van der Waals surface area contributed by atoms with Gasteiger partial charge < -0.3 is 20.6 Å². The first-order chi connectivity index (χ1) is 16.5. The number of fused-ring (bicyclic) bond motifs is 1. The lowest BCUT2D eigenvalue weighted by atomic mass is 9.70. The summed E-state index contributed by atoms with van der Waals surface area (Å²) < 4.78 is -0.646. The van der Waals surface area contributed by atoms with Crippen LogP contribution in [-0.4, -0.2) is 62.0 Å². The number of likely N-dealkylation sites (tertiary alicyclic amines) is 1. The van der Waals surface area contributed by atoms with Gasteiger partial charge >= 0.3 is 0 Å². The second-order valence-electron chi connectivity index (χ2n) is 11.4. The molecule has 2 unspecified atom stereocenters. The van der Waals surface area contributed by atoms with E-state index < -0.39 is 34.2 Å². The lowest BCUT2D eigenvalue weighted by Gasteiger charge is -2.40. The van der Waals surface area contributed by atoms with Crippen LogP contribution in [0.5, 0.6) is 0 Å². The maximum Gasteiger partial charge on any atom is 0.244 e. The van der Waals surface area contributed by atoms with Gasteiger partial charge in [0.15, 0.2) is 0 Å². The molecule has 0 saturated carbocycles. The lowest BCUT2D eigenvalue weighted by Crippen LogP contribution is -2.60. The molecular formula is C27H39N3O4S. The van der Waals surface area contributed by atoms with Gasteiger partial charge in [-0.3, -0.25) is 14.4 Å². The quantitative estimate of drug-likeness (QED) is 0.509. The van der Waals surface area contributed by atoms with Gasteiger partial charge in [-0.15, -0.1) is 11.8 Å². The van der Waals surface area contributed by atoms with Crippen molar-refractivity contribution in [2.75, 3.05) is 6.61 Å². The second kappa shape index (κ2) is 9.77. The summed E-state index contributed by atoms with van der Waals surface area (Å²) in [5.74, 6) is -1.47. The van der Waals surface area contributed by atoms with Crippen LogP contribution in [0, 0.1) is 17.8 Å². The van der Waals surface area contributed by atoms with Crippen LogP contribution < -0.4 is 10.6 Å². The van der Waals surface area contributed by atoms with Crippen molar-refractivity contribution in [3.8, 4) is 0 Å². The Morgan fingerprint density at radius 3 is 2.51 bits per heavy atom. The van der Waals surface area contributed by atoms with Crippen LogP contribution in [0.1, 0.15) is 59.4 Å². The van der Waals surface area contributed by atoms with Gasteiger partial charge in [-0.25, -0.2) is 0 Å². The van der Waals surface area contributed by atoms with E-state index in [1.54, 1.807) is 16.7 Å². The highest BCUT2D eigenvalue weighted by molar-refractivity contribution is 8.02. The molecule has 3 aliphatic rings. The molecule has 192 valence electrons. The first-order valence-electron chi connectivity index (χ1n) is 12.8. The first-order valence-corrected chi connectivity index (χ1v) is 13.7. The fraction of sp³-hybridized carbons (Fsp3) is 0.667. The number of aliphatic hydroxyl groups is 1. The first kappa shape index (κ1) is 26.0. The zero-order chi connectivity index (χ0) is 25.5. The second-order valence-corrected chi connectivity index (χ2v) is 13.0. The Kier molecular flexibility index (Phi) is 7.26. The van der Waals surface area contributed by atoms with Crippen molar-refractivity contribution in [3.05, 3.63) is 35.9 Å². The number of hydrogen-bond acceptors (Lipinski definition) is 5. The fourth-order valence-electron chi connectivity index (χ4n) is 6.20. The average Bonchev–Trinajstić information content (AvgIpc) is 3.45. The van der Waals surface area contributed by atoms with E-state index in [0.29, 0.717) is 6.54 Å². The van der Waals surface area contributed by atoms with Crippen LogP contribution in [-0.2, 0) is 20.9 Å². The smallest absolute Gasteiger partial charge is 0.244 e. The van der Waals surface area contributed by atoms with Crippen molar-refractivity contribution in [1.29, 1.82) is 0 Å². The van der Waals surface area contributed by atoms with E-state index in [4.69, 9.17) is 0 Å². The summed E-state index contributed by atoms with van der Waals surface area (Å²) in [5.41, 5.74) is 0.546. The Bertz CT molecular complexity index is 965. The number of hydrogen-bond donors (Lipinski definition) is 3. The van der Waals surface area contributed by atoms with Crippen molar-refractivity contribution in [2.45, 2.75) is 88.0 Å². The van der Waals surface area contributed by atoms with Crippen molar-refractivity contribution in [3.63, 3.8) is 0 Å². The number of nitrogens with one attached hydrogen (secondary N) is 2. The molecule has 3 N–H and O–H groups in total. The van der Waals surface area contributed by atoms with E-state index in [1.165, 1.54) is 0 Å². The van der Waals surface area contributed by atoms with Crippen molar-refractivity contribution in [1.82, 2.24) is 15.5 Å². The summed E-state index contributed by atoms with van der Waals surface area (Å²) in [5, 5.41) is 16.5. The number of rotatable bonds is 8. The molecule has 3 fully saturated rings. The maximum atomic E-state index is 14.1. The van der Waals surface area contributed by atoms with Crippen LogP contribution in [0.15, 0.2) is 30.3 Å². The van der Waals surface area contributed by atoms with Crippen LogP contribution >= 0.6 is 11.8 Å². The minimum absolute atomic E-state index is 0.0167. The highest BCUT2D eigenvalue weighted by Gasteiger charge is 2.74. The van der Waals surface area contributed by atoms with E-state index in [1.807, 2.05) is 65.0 Å². The van der Waals surface area contributed by atoms with E-state index in [-0.39, 0.29) is 35.5 Å². The van der Waals surface area contributed by atoms with Crippen molar-refractivity contribution < 1.29 is 19.5 Å². The molecule has 35 heavy (non-hydrogen) atoms. The molecule has 1 aromatic rings. The van der Waals surface area contributed by atoms with E-state index in [9.17, 15) is 19.5 Å². The minimum Gasteiger partial charge on any atom is -0.394 e. The van der Waals surface area contributed by atoms with Gasteiger partial charge in [-0.2, -0.15) is 0 Å². The molecule has 3 amide bonds. The normalized spacial score (nSPS) is 31.3. The number of aliphatic hydroxyl groups excluding tert-OH is 1. The molecule has 0 radical (unpaired) electrons. The number of carbonyl (C=O) groups excluding carboxylic acids is 3. The Morgan fingerprint density at radius 1 is 1.23 bits per heavy atom. The topological polar surface area (TPSA) is 98.7 Å². The van der Waals surface area contributed by atoms with Gasteiger partial charge in [0.2, 0.25) is 17.7 Å². The highest BCUT2D eigenvalue weighted by atomic mass is 32.2. The summed E-state index contributed by atoms with van der Waals surface area (Å²) in [6.45, 7) is 10.0. The molecule has 4 rings (SSSR count). The molecule has 1 spiro atoms. The third-order valence-electron chi connectivity index (χ3n) is 7.94. The van der Waals surface area contributed by atoms with Crippen LogP contribution in [0.2, 0.25) is 0 Å². The van der Waals surface area contributed by atoms with Crippen LogP contribution in [0.25, 0.3) is 0 Å². The number of thioether (sulfide) groups is 1. The fourth-order valence-corrected chi connectivity index (χ4v) is 8.41. The van der Waals surface area contributed by atoms with E-state index >= 15 is 0 Å². The third kappa shape index (κ3) is 4.59. The number of amides is 3. The predicted molar refractivity (Wildman–Crippen MR) is 137 cm³/mol. The van der Waals surface area contributed by atoms with E-state index in [2.05, 4.69) is 10.6 Å². The van der Waals surface area contributed by atoms with Gasteiger partial charge in [-0.05, 0) is 45.1 Å².